The summed E-state index contributed by atoms with van der Waals surface area (Å²) in [7, 11) is 0. The number of aromatic nitrogens is 1. The minimum Gasteiger partial charge on any atom is -0.481 e. The second-order valence-corrected chi connectivity index (χ2v) is 5.71. The summed E-state index contributed by atoms with van der Waals surface area (Å²) in [5, 5.41) is 14.3. The molecule has 0 radical (unpaired) electrons. The van der Waals surface area contributed by atoms with Crippen LogP contribution in [0.4, 0.5) is 16.2 Å². The molecule has 0 fully saturated rings. The van der Waals surface area contributed by atoms with Gasteiger partial charge in [-0.05, 0) is 56.5 Å². The number of amides is 2. The maximum absolute atomic E-state index is 12.2. The fourth-order valence-electron chi connectivity index (χ4n) is 2.54. The summed E-state index contributed by atoms with van der Waals surface area (Å²) in [6.45, 7) is 5.68. The van der Waals surface area contributed by atoms with E-state index in [1.54, 1.807) is 18.2 Å². The molecule has 0 atom stereocenters. The van der Waals surface area contributed by atoms with Crippen molar-refractivity contribution >= 4 is 23.4 Å². The quantitative estimate of drug-likeness (QED) is 0.781. The number of carboxylic acid groups (broad SMARTS) is 1. The van der Waals surface area contributed by atoms with Crippen LogP contribution in [0.15, 0.2) is 30.3 Å². The molecule has 126 valence electrons. The summed E-state index contributed by atoms with van der Waals surface area (Å²) in [6.07, 6.45) is 0.482. The third-order valence-electron chi connectivity index (χ3n) is 3.58. The van der Waals surface area contributed by atoms with Gasteiger partial charge in [0.05, 0.1) is 11.4 Å². The van der Waals surface area contributed by atoms with Gasteiger partial charge in [-0.3, -0.25) is 9.78 Å². The maximum Gasteiger partial charge on any atom is 0.323 e. The first kappa shape index (κ1) is 17.5. The van der Waals surface area contributed by atoms with Gasteiger partial charge in [-0.2, -0.15) is 0 Å². The Morgan fingerprint density at radius 3 is 2.54 bits per heavy atom. The van der Waals surface area contributed by atoms with Crippen LogP contribution in [0.2, 0.25) is 0 Å². The number of carbonyl (C=O) groups is 2. The molecule has 3 N–H and O–H groups in total. The molecular formula is C18H21N3O3. The molecule has 1 heterocycles. The van der Waals surface area contributed by atoms with E-state index >= 15 is 0 Å². The number of nitrogens with zero attached hydrogens (tertiary/aromatic N) is 1. The first-order chi connectivity index (χ1) is 11.3. The third kappa shape index (κ3) is 4.81. The van der Waals surface area contributed by atoms with Gasteiger partial charge in [-0.25, -0.2) is 4.79 Å². The molecule has 0 aliphatic rings. The minimum absolute atomic E-state index is 0.0586. The van der Waals surface area contributed by atoms with Crippen molar-refractivity contribution < 1.29 is 14.7 Å². The lowest BCUT2D eigenvalue weighted by atomic mass is 10.1. The molecule has 2 aromatic rings. The van der Waals surface area contributed by atoms with E-state index in [0.29, 0.717) is 17.8 Å². The van der Waals surface area contributed by atoms with E-state index in [1.807, 2.05) is 32.9 Å². The maximum atomic E-state index is 12.2. The van der Waals surface area contributed by atoms with E-state index in [0.717, 1.165) is 22.5 Å². The minimum atomic E-state index is -0.844. The SMILES string of the molecule is Cc1cc(C)c(NC(=O)Nc2cccc(CCC(=O)O)c2)c(C)n1. The number of rotatable bonds is 5. The molecule has 0 aliphatic heterocycles. The van der Waals surface area contributed by atoms with Crippen LogP contribution in [-0.2, 0) is 11.2 Å². The van der Waals surface area contributed by atoms with E-state index in [2.05, 4.69) is 15.6 Å². The number of carboxylic acids is 1. The highest BCUT2D eigenvalue weighted by Crippen LogP contribution is 2.20. The summed E-state index contributed by atoms with van der Waals surface area (Å²) in [5.41, 5.74) is 4.79. The van der Waals surface area contributed by atoms with Crippen molar-refractivity contribution in [3.63, 3.8) is 0 Å². The van der Waals surface area contributed by atoms with Crippen LogP contribution in [0.5, 0.6) is 0 Å². The van der Waals surface area contributed by atoms with Crippen molar-refractivity contribution in [3.05, 3.63) is 52.8 Å². The van der Waals surface area contributed by atoms with Crippen LogP contribution in [0.1, 0.15) is 28.9 Å². The molecule has 0 spiro atoms. The molecule has 24 heavy (non-hydrogen) atoms. The molecule has 2 rings (SSSR count). The topological polar surface area (TPSA) is 91.3 Å². The van der Waals surface area contributed by atoms with Crippen LogP contribution in [0, 0.1) is 20.8 Å². The predicted octanol–water partition coefficient (Wildman–Crippen LogP) is 3.67. The predicted molar refractivity (Wildman–Crippen MR) is 93.5 cm³/mol. The summed E-state index contributed by atoms with van der Waals surface area (Å²) in [4.78, 5) is 27.2. The number of benzene rings is 1. The van der Waals surface area contributed by atoms with Gasteiger partial charge in [0.1, 0.15) is 0 Å². The lowest BCUT2D eigenvalue weighted by Gasteiger charge is -2.13. The average molecular weight is 327 g/mol. The number of aliphatic carboxylic acids is 1. The van der Waals surface area contributed by atoms with Crippen molar-refractivity contribution in [1.82, 2.24) is 4.98 Å². The van der Waals surface area contributed by atoms with Crippen molar-refractivity contribution in [2.24, 2.45) is 0 Å². The van der Waals surface area contributed by atoms with Crippen LogP contribution in [0.3, 0.4) is 0 Å². The van der Waals surface area contributed by atoms with Gasteiger partial charge < -0.3 is 15.7 Å². The summed E-state index contributed by atoms with van der Waals surface area (Å²) >= 11 is 0. The number of nitrogens with one attached hydrogen (secondary N) is 2. The number of hydrogen-bond acceptors (Lipinski definition) is 3. The summed E-state index contributed by atoms with van der Waals surface area (Å²) in [6, 6.07) is 8.71. The summed E-state index contributed by atoms with van der Waals surface area (Å²) in [5.74, 6) is -0.844. The number of hydrogen-bond donors (Lipinski definition) is 3. The van der Waals surface area contributed by atoms with Gasteiger partial charge in [0.25, 0.3) is 0 Å². The second kappa shape index (κ2) is 7.59. The third-order valence-corrected chi connectivity index (χ3v) is 3.58. The number of aryl methyl sites for hydroxylation is 4. The van der Waals surface area contributed by atoms with E-state index in [-0.39, 0.29) is 12.5 Å². The average Bonchev–Trinajstić information content (AvgIpc) is 2.49. The Bertz CT molecular complexity index is 749. The molecule has 1 aromatic carbocycles. The first-order valence-electron chi connectivity index (χ1n) is 7.68. The molecular weight excluding hydrogens is 306 g/mol. The Morgan fingerprint density at radius 1 is 1.12 bits per heavy atom. The highest BCUT2D eigenvalue weighted by molar-refractivity contribution is 6.00. The molecule has 1 aromatic heterocycles. The zero-order valence-electron chi connectivity index (χ0n) is 14.0. The smallest absolute Gasteiger partial charge is 0.323 e. The van der Waals surface area contributed by atoms with Gasteiger partial charge in [-0.1, -0.05) is 12.1 Å². The van der Waals surface area contributed by atoms with Gasteiger partial charge in [-0.15, -0.1) is 0 Å². The van der Waals surface area contributed by atoms with Crippen LogP contribution in [-0.4, -0.2) is 22.1 Å². The Morgan fingerprint density at radius 2 is 1.88 bits per heavy atom. The van der Waals surface area contributed by atoms with E-state index in [9.17, 15) is 9.59 Å². The number of urea groups is 1. The van der Waals surface area contributed by atoms with E-state index in [1.165, 1.54) is 0 Å². The molecule has 0 saturated carbocycles. The monoisotopic (exact) mass is 327 g/mol. The molecule has 0 bridgehead atoms. The van der Waals surface area contributed by atoms with E-state index in [4.69, 9.17) is 5.11 Å². The zero-order valence-corrected chi connectivity index (χ0v) is 14.0. The Kier molecular flexibility index (Phi) is 5.52. The molecule has 0 aliphatic carbocycles. The molecule has 6 heteroatoms. The Labute approximate surface area is 140 Å². The van der Waals surface area contributed by atoms with Gasteiger partial charge in [0.15, 0.2) is 0 Å². The Balaban J connectivity index is 2.05. The first-order valence-corrected chi connectivity index (χ1v) is 7.68. The molecule has 6 nitrogen and oxygen atoms in total. The molecule has 0 unspecified atom stereocenters. The summed E-state index contributed by atoms with van der Waals surface area (Å²) < 4.78 is 0. The lowest BCUT2D eigenvalue weighted by Crippen LogP contribution is -2.21. The van der Waals surface area contributed by atoms with Crippen molar-refractivity contribution in [3.8, 4) is 0 Å². The lowest BCUT2D eigenvalue weighted by molar-refractivity contribution is -0.136. The Hall–Kier alpha value is -2.89. The standard InChI is InChI=1S/C18H21N3O3/c1-11-9-12(2)19-13(3)17(11)21-18(24)20-15-6-4-5-14(10-15)7-8-16(22)23/h4-6,9-10H,7-8H2,1-3H3,(H,22,23)(H2,20,21,24). The van der Waals surface area contributed by atoms with Gasteiger partial charge in [0.2, 0.25) is 0 Å². The fourth-order valence-corrected chi connectivity index (χ4v) is 2.54. The van der Waals surface area contributed by atoms with Crippen LogP contribution in [0.25, 0.3) is 0 Å². The van der Waals surface area contributed by atoms with E-state index < -0.39 is 5.97 Å². The van der Waals surface area contributed by atoms with Gasteiger partial charge in [0, 0.05) is 17.8 Å². The van der Waals surface area contributed by atoms with Gasteiger partial charge >= 0.3 is 12.0 Å². The normalized spacial score (nSPS) is 10.3. The van der Waals surface area contributed by atoms with Crippen LogP contribution < -0.4 is 10.6 Å². The number of carbonyl (C=O) groups excluding carboxylic acids is 1. The van der Waals surface area contributed by atoms with Crippen molar-refractivity contribution in [2.45, 2.75) is 33.6 Å². The van der Waals surface area contributed by atoms with Crippen molar-refractivity contribution in [2.75, 3.05) is 10.6 Å². The number of anilines is 2. The molecule has 2 amide bonds. The highest BCUT2D eigenvalue weighted by atomic mass is 16.4. The van der Waals surface area contributed by atoms with Crippen molar-refractivity contribution in [1.29, 1.82) is 0 Å². The molecule has 0 saturated heterocycles. The second-order valence-electron chi connectivity index (χ2n) is 5.71. The highest BCUT2D eigenvalue weighted by Gasteiger charge is 2.10. The largest absolute Gasteiger partial charge is 0.481 e. The fraction of sp³-hybridized carbons (Fsp3) is 0.278. The zero-order chi connectivity index (χ0) is 17.7. The van der Waals surface area contributed by atoms with Crippen LogP contribution >= 0.6 is 0 Å². The number of pyridine rings is 1.